The number of nitrogens with two attached hydrogens (primary N) is 2. The molecule has 0 radical (unpaired) electrons. The molecule has 0 amide bonds. The first-order chi connectivity index (χ1) is 26.9. The van der Waals surface area contributed by atoms with E-state index in [1.807, 2.05) is 0 Å². The van der Waals surface area contributed by atoms with Gasteiger partial charge in [-0.25, -0.2) is 0 Å². The first-order valence-electron chi connectivity index (χ1n) is 21.7. The fourth-order valence-electron chi connectivity index (χ4n) is 7.48. The minimum atomic E-state index is -0.504. The first kappa shape index (κ1) is 50.6. The molecule has 2 aliphatic rings. The van der Waals surface area contributed by atoms with Gasteiger partial charge < -0.3 is 70.2 Å². The maximum atomic E-state index is 10.4. The minimum absolute atomic E-state index is 0.237. The van der Waals surface area contributed by atoms with Crippen LogP contribution >= 0.6 is 0 Å². The van der Waals surface area contributed by atoms with Gasteiger partial charge in [-0.3, -0.25) is 0 Å². The predicted molar refractivity (Wildman–Crippen MR) is 216 cm³/mol. The van der Waals surface area contributed by atoms with Crippen LogP contribution in [0.2, 0.25) is 0 Å². The zero-order valence-electron chi connectivity index (χ0n) is 34.9. The molecule has 2 aliphatic carbocycles. The van der Waals surface area contributed by atoms with E-state index < -0.39 is 12.2 Å². The molecule has 55 heavy (non-hydrogen) atoms. The van der Waals surface area contributed by atoms with Gasteiger partial charge in [0.2, 0.25) is 0 Å². The third-order valence-corrected chi connectivity index (χ3v) is 11.0. The molecule has 14 nitrogen and oxygen atoms in total. The summed E-state index contributed by atoms with van der Waals surface area (Å²) in [6.45, 7) is 17.0. The second-order valence-electron chi connectivity index (χ2n) is 15.8. The standard InChI is InChI=1S/C41H84N4O10/c1-41(2,35-7-11-39(12-8-35)54-33-37(46)31-44-17-5-21-50-25-29-52-27-23-48-19-3-15-42)36-9-13-40(14-10-36)55-34-38(47)32-45-18-6-22-51-26-30-53-28-24-49-20-4-16-43/h35-40,44-47H,3-34,42-43H2,1-2H3. The normalized spacial score (nSPS) is 21.9. The Morgan fingerprint density at radius 3 is 1.13 bits per heavy atom. The molecule has 328 valence electrons. The largest absolute Gasteiger partial charge is 0.389 e. The van der Waals surface area contributed by atoms with Gasteiger partial charge in [-0.15, -0.1) is 0 Å². The van der Waals surface area contributed by atoms with Gasteiger partial charge in [0.1, 0.15) is 0 Å². The molecule has 0 spiro atoms. The summed E-state index contributed by atoms with van der Waals surface area (Å²) in [5.74, 6) is 1.39. The highest BCUT2D eigenvalue weighted by atomic mass is 16.5. The van der Waals surface area contributed by atoms with Crippen molar-refractivity contribution in [1.29, 1.82) is 0 Å². The third kappa shape index (κ3) is 26.2. The lowest BCUT2D eigenvalue weighted by Crippen LogP contribution is -2.40. The van der Waals surface area contributed by atoms with Crippen LogP contribution in [0, 0.1) is 17.3 Å². The van der Waals surface area contributed by atoms with Gasteiger partial charge in [-0.05, 0) is 120 Å². The van der Waals surface area contributed by atoms with Crippen LogP contribution < -0.4 is 22.1 Å². The molecule has 2 saturated carbocycles. The monoisotopic (exact) mass is 793 g/mol. The van der Waals surface area contributed by atoms with Gasteiger partial charge in [0, 0.05) is 39.5 Å². The second-order valence-corrected chi connectivity index (χ2v) is 15.8. The van der Waals surface area contributed by atoms with Crippen molar-refractivity contribution < 1.29 is 48.1 Å². The third-order valence-electron chi connectivity index (χ3n) is 11.0. The Morgan fingerprint density at radius 2 is 0.800 bits per heavy atom. The van der Waals surface area contributed by atoms with Gasteiger partial charge in [0.15, 0.2) is 0 Å². The van der Waals surface area contributed by atoms with Crippen LogP contribution in [-0.4, -0.2) is 166 Å². The quantitative estimate of drug-likeness (QED) is 0.0501. The maximum absolute atomic E-state index is 10.4. The molecule has 0 bridgehead atoms. The van der Waals surface area contributed by atoms with Crippen LogP contribution in [0.15, 0.2) is 0 Å². The van der Waals surface area contributed by atoms with Crippen molar-refractivity contribution in [1.82, 2.24) is 10.6 Å². The Morgan fingerprint density at radius 1 is 0.491 bits per heavy atom. The van der Waals surface area contributed by atoms with E-state index in [0.717, 1.165) is 64.5 Å². The molecule has 0 aromatic carbocycles. The van der Waals surface area contributed by atoms with Crippen LogP contribution in [0.3, 0.4) is 0 Å². The number of aliphatic hydroxyl groups excluding tert-OH is 2. The van der Waals surface area contributed by atoms with E-state index >= 15 is 0 Å². The van der Waals surface area contributed by atoms with Crippen LogP contribution in [0.1, 0.15) is 90.9 Å². The lowest BCUT2D eigenvalue weighted by atomic mass is 9.60. The summed E-state index contributed by atoms with van der Waals surface area (Å²) in [6, 6.07) is 0. The summed E-state index contributed by atoms with van der Waals surface area (Å²) in [6.07, 6.45) is 12.0. The van der Waals surface area contributed by atoms with E-state index in [1.54, 1.807) is 0 Å². The summed E-state index contributed by atoms with van der Waals surface area (Å²) >= 11 is 0. The van der Waals surface area contributed by atoms with Crippen molar-refractivity contribution in [2.24, 2.45) is 28.7 Å². The smallest absolute Gasteiger partial charge is 0.0897 e. The average Bonchev–Trinajstić information content (AvgIpc) is 3.19. The maximum Gasteiger partial charge on any atom is 0.0897 e. The molecule has 2 atom stereocenters. The van der Waals surface area contributed by atoms with E-state index in [1.165, 1.54) is 25.7 Å². The Bertz CT molecular complexity index is 771. The molecule has 0 saturated heterocycles. The number of ether oxygens (including phenoxy) is 8. The van der Waals surface area contributed by atoms with Crippen LogP contribution in [0.4, 0.5) is 0 Å². The van der Waals surface area contributed by atoms with Crippen molar-refractivity contribution in [2.75, 3.05) is 132 Å². The molecular formula is C41H84N4O10. The fourth-order valence-corrected chi connectivity index (χ4v) is 7.48. The van der Waals surface area contributed by atoms with Gasteiger partial charge in [-0.2, -0.15) is 0 Å². The first-order valence-corrected chi connectivity index (χ1v) is 21.7. The van der Waals surface area contributed by atoms with Crippen molar-refractivity contribution in [2.45, 2.75) is 115 Å². The number of nitrogens with one attached hydrogen (secondary N) is 2. The number of aliphatic hydroxyl groups is 2. The summed E-state index contributed by atoms with van der Waals surface area (Å²) in [7, 11) is 0. The molecule has 2 unspecified atom stereocenters. The highest BCUT2D eigenvalue weighted by molar-refractivity contribution is 4.91. The molecule has 8 N–H and O–H groups in total. The van der Waals surface area contributed by atoms with Gasteiger partial charge in [0.05, 0.1) is 90.5 Å². The van der Waals surface area contributed by atoms with Crippen molar-refractivity contribution >= 4 is 0 Å². The van der Waals surface area contributed by atoms with Gasteiger partial charge >= 0.3 is 0 Å². The molecule has 0 heterocycles. The number of hydrogen-bond donors (Lipinski definition) is 6. The molecule has 0 aliphatic heterocycles. The Hall–Kier alpha value is -0.560. The second kappa shape index (κ2) is 34.3. The average molecular weight is 793 g/mol. The van der Waals surface area contributed by atoms with E-state index in [9.17, 15) is 10.2 Å². The summed E-state index contributed by atoms with van der Waals surface area (Å²) in [5, 5.41) is 27.5. The summed E-state index contributed by atoms with van der Waals surface area (Å²) in [5.41, 5.74) is 11.2. The van der Waals surface area contributed by atoms with Gasteiger partial charge in [-0.1, -0.05) is 13.8 Å². The molecule has 14 heteroatoms. The Labute approximate surface area is 334 Å². The number of rotatable bonds is 38. The van der Waals surface area contributed by atoms with Crippen LogP contribution in [0.25, 0.3) is 0 Å². The van der Waals surface area contributed by atoms with Crippen molar-refractivity contribution in [3.05, 3.63) is 0 Å². The summed E-state index contributed by atoms with van der Waals surface area (Å²) in [4.78, 5) is 0. The van der Waals surface area contributed by atoms with Crippen molar-refractivity contribution in [3.8, 4) is 0 Å². The zero-order chi connectivity index (χ0) is 39.7. The number of hydrogen-bond acceptors (Lipinski definition) is 14. The lowest BCUT2D eigenvalue weighted by Gasteiger charge is -2.46. The van der Waals surface area contributed by atoms with E-state index in [2.05, 4.69) is 24.5 Å². The van der Waals surface area contributed by atoms with E-state index in [0.29, 0.717) is 131 Å². The Balaban J connectivity index is 1.40. The van der Waals surface area contributed by atoms with Gasteiger partial charge in [0.25, 0.3) is 0 Å². The van der Waals surface area contributed by atoms with E-state index in [4.69, 9.17) is 49.4 Å². The predicted octanol–water partition coefficient (Wildman–Crippen LogP) is 2.64. The lowest BCUT2D eigenvalue weighted by molar-refractivity contribution is -0.0594. The summed E-state index contributed by atoms with van der Waals surface area (Å²) < 4.78 is 45.3. The SMILES string of the molecule is CC(C)(C1CCC(OCC(O)CNCCCOCCOCCOCCCN)CC1)C1CCC(OCC(O)CNCCCOCCOCCOCCCN)CC1. The topological polar surface area (TPSA) is 190 Å². The molecule has 2 fully saturated rings. The highest BCUT2D eigenvalue weighted by Crippen LogP contribution is 2.48. The molecule has 0 aromatic heterocycles. The Kier molecular flexibility index (Phi) is 31.6. The van der Waals surface area contributed by atoms with Crippen molar-refractivity contribution in [3.63, 3.8) is 0 Å². The minimum Gasteiger partial charge on any atom is -0.389 e. The zero-order valence-corrected chi connectivity index (χ0v) is 34.9. The van der Waals surface area contributed by atoms with E-state index in [-0.39, 0.29) is 17.6 Å². The molecular weight excluding hydrogens is 708 g/mol. The molecule has 2 rings (SSSR count). The van der Waals surface area contributed by atoms with Crippen LogP contribution in [-0.2, 0) is 37.9 Å². The fraction of sp³-hybridized carbons (Fsp3) is 1.00. The highest BCUT2D eigenvalue weighted by Gasteiger charge is 2.40. The van der Waals surface area contributed by atoms with Crippen LogP contribution in [0.5, 0.6) is 0 Å². The molecule has 0 aromatic rings.